The van der Waals surface area contributed by atoms with Crippen LogP contribution in [0.15, 0.2) is 83.3 Å². The first-order valence-corrected chi connectivity index (χ1v) is 9.76. The zero-order valence-electron chi connectivity index (χ0n) is 17.1. The van der Waals surface area contributed by atoms with Crippen molar-refractivity contribution in [1.29, 1.82) is 0 Å². The molecule has 1 N–H and O–H groups in total. The minimum atomic E-state index is -1.16. The first-order valence-electron chi connectivity index (χ1n) is 9.76. The molecule has 1 heterocycles. The van der Waals surface area contributed by atoms with Crippen molar-refractivity contribution >= 4 is 28.5 Å². The summed E-state index contributed by atoms with van der Waals surface area (Å²) < 4.78 is 16.5. The number of fused-ring (bicyclic) bond motifs is 1. The van der Waals surface area contributed by atoms with E-state index in [-0.39, 0.29) is 5.76 Å². The summed E-state index contributed by atoms with van der Waals surface area (Å²) in [6.07, 6.45) is -1.16. The number of benzene rings is 3. The quantitative estimate of drug-likeness (QED) is 0.433. The fourth-order valence-electron chi connectivity index (χ4n) is 3.34. The molecule has 1 amide bonds. The Morgan fingerprint density at radius 1 is 0.935 bits per heavy atom. The van der Waals surface area contributed by atoms with Crippen LogP contribution < -0.4 is 10.1 Å². The van der Waals surface area contributed by atoms with Crippen LogP contribution in [-0.4, -0.2) is 19.0 Å². The highest BCUT2D eigenvalue weighted by Gasteiger charge is 2.28. The van der Waals surface area contributed by atoms with Gasteiger partial charge in [0.2, 0.25) is 11.9 Å². The molecule has 0 bridgehead atoms. The molecule has 0 fully saturated rings. The van der Waals surface area contributed by atoms with Crippen molar-refractivity contribution < 1.29 is 23.5 Å². The zero-order chi connectivity index (χ0) is 21.8. The third-order valence-electron chi connectivity index (χ3n) is 4.93. The van der Waals surface area contributed by atoms with Gasteiger partial charge in [0.05, 0.1) is 7.11 Å². The van der Waals surface area contributed by atoms with E-state index in [4.69, 9.17) is 13.9 Å². The Kier molecular flexibility index (Phi) is 5.71. The number of hydrogen-bond acceptors (Lipinski definition) is 5. The molecular weight excluding hydrogens is 394 g/mol. The van der Waals surface area contributed by atoms with Gasteiger partial charge in [0.25, 0.3) is 5.91 Å². The van der Waals surface area contributed by atoms with Crippen molar-refractivity contribution in [2.75, 3.05) is 12.4 Å². The van der Waals surface area contributed by atoms with Crippen LogP contribution in [0.1, 0.15) is 27.8 Å². The number of furan rings is 1. The van der Waals surface area contributed by atoms with Gasteiger partial charge in [-0.15, -0.1) is 0 Å². The van der Waals surface area contributed by atoms with Crippen LogP contribution in [0.3, 0.4) is 0 Å². The zero-order valence-corrected chi connectivity index (χ0v) is 17.1. The number of methoxy groups -OCH3 is 1. The van der Waals surface area contributed by atoms with Crippen molar-refractivity contribution in [3.05, 3.63) is 95.7 Å². The molecule has 0 saturated heterocycles. The standard InChI is InChI=1S/C25H21NO5/c1-16-20-13-6-7-14-21(20)30-22(16)25(28)31-23(17-9-4-3-5-10-17)24(27)26-18-11-8-12-19(15-18)29-2/h3-15,23H,1-2H3,(H,26,27). The number of esters is 1. The van der Waals surface area contributed by atoms with Crippen molar-refractivity contribution in [1.82, 2.24) is 0 Å². The summed E-state index contributed by atoms with van der Waals surface area (Å²) in [7, 11) is 1.55. The Morgan fingerprint density at radius 2 is 1.68 bits per heavy atom. The maximum Gasteiger partial charge on any atom is 0.375 e. The molecule has 0 radical (unpaired) electrons. The van der Waals surface area contributed by atoms with Crippen LogP contribution in [-0.2, 0) is 9.53 Å². The summed E-state index contributed by atoms with van der Waals surface area (Å²) in [5.41, 5.74) is 2.33. The number of carbonyl (C=O) groups excluding carboxylic acids is 2. The lowest BCUT2D eigenvalue weighted by Crippen LogP contribution is -2.26. The van der Waals surface area contributed by atoms with E-state index >= 15 is 0 Å². The molecule has 0 aliphatic rings. The number of aryl methyl sites for hydroxylation is 1. The summed E-state index contributed by atoms with van der Waals surface area (Å²) in [6, 6.07) is 23.1. The van der Waals surface area contributed by atoms with E-state index < -0.39 is 18.0 Å². The van der Waals surface area contributed by atoms with E-state index in [1.807, 2.05) is 24.3 Å². The lowest BCUT2D eigenvalue weighted by atomic mass is 10.1. The molecule has 4 rings (SSSR count). The Morgan fingerprint density at radius 3 is 2.42 bits per heavy atom. The van der Waals surface area contributed by atoms with Gasteiger partial charge in [-0.25, -0.2) is 4.79 Å². The highest BCUT2D eigenvalue weighted by molar-refractivity contribution is 6.00. The first-order chi connectivity index (χ1) is 15.1. The van der Waals surface area contributed by atoms with Crippen LogP contribution in [0.4, 0.5) is 5.69 Å². The molecule has 6 heteroatoms. The van der Waals surface area contributed by atoms with Crippen molar-refractivity contribution in [3.63, 3.8) is 0 Å². The summed E-state index contributed by atoms with van der Waals surface area (Å²) in [5.74, 6) is -0.509. The fraction of sp³-hybridized carbons (Fsp3) is 0.120. The second kappa shape index (κ2) is 8.75. The second-order valence-corrected chi connectivity index (χ2v) is 6.97. The van der Waals surface area contributed by atoms with Crippen LogP contribution in [0.25, 0.3) is 11.0 Å². The molecule has 31 heavy (non-hydrogen) atoms. The van der Waals surface area contributed by atoms with Crippen LogP contribution >= 0.6 is 0 Å². The number of rotatable bonds is 6. The van der Waals surface area contributed by atoms with E-state index in [9.17, 15) is 9.59 Å². The van der Waals surface area contributed by atoms with E-state index in [2.05, 4.69) is 5.32 Å². The average Bonchev–Trinajstić information content (AvgIpc) is 3.14. The summed E-state index contributed by atoms with van der Waals surface area (Å²) in [5, 5.41) is 3.61. The van der Waals surface area contributed by atoms with Gasteiger partial charge in [-0.1, -0.05) is 54.6 Å². The van der Waals surface area contributed by atoms with E-state index in [0.29, 0.717) is 28.1 Å². The predicted octanol–water partition coefficient (Wildman–Crippen LogP) is 5.29. The van der Waals surface area contributed by atoms with Gasteiger partial charge in [0, 0.05) is 28.3 Å². The number of amides is 1. The minimum Gasteiger partial charge on any atom is -0.497 e. The Bertz CT molecular complexity index is 1230. The van der Waals surface area contributed by atoms with Gasteiger partial charge in [-0.3, -0.25) is 4.79 Å². The largest absolute Gasteiger partial charge is 0.497 e. The number of anilines is 1. The predicted molar refractivity (Wildman–Crippen MR) is 117 cm³/mol. The summed E-state index contributed by atoms with van der Waals surface area (Å²) >= 11 is 0. The highest BCUT2D eigenvalue weighted by atomic mass is 16.6. The molecule has 1 atom stereocenters. The molecule has 6 nitrogen and oxygen atoms in total. The minimum absolute atomic E-state index is 0.0799. The van der Waals surface area contributed by atoms with Gasteiger partial charge < -0.3 is 19.2 Å². The van der Waals surface area contributed by atoms with Crippen molar-refractivity contribution in [3.8, 4) is 5.75 Å². The number of ether oxygens (including phenoxy) is 2. The molecule has 4 aromatic rings. The first kappa shape index (κ1) is 20.2. The van der Waals surface area contributed by atoms with E-state index in [0.717, 1.165) is 5.39 Å². The molecular formula is C25H21NO5. The maximum absolute atomic E-state index is 13.1. The topological polar surface area (TPSA) is 77.8 Å². The number of nitrogens with one attached hydrogen (secondary N) is 1. The van der Waals surface area contributed by atoms with Crippen molar-refractivity contribution in [2.24, 2.45) is 0 Å². The molecule has 0 spiro atoms. The van der Waals surface area contributed by atoms with Crippen LogP contribution in [0.5, 0.6) is 5.75 Å². The Balaban J connectivity index is 1.62. The van der Waals surface area contributed by atoms with Gasteiger partial charge in [-0.05, 0) is 25.1 Å². The van der Waals surface area contributed by atoms with Crippen LogP contribution in [0, 0.1) is 6.92 Å². The summed E-state index contributed by atoms with van der Waals surface area (Å²) in [6.45, 7) is 1.79. The van der Waals surface area contributed by atoms with E-state index in [1.54, 1.807) is 68.6 Å². The molecule has 0 aliphatic heterocycles. The Labute approximate surface area is 179 Å². The molecule has 1 aromatic heterocycles. The number of hydrogen-bond donors (Lipinski definition) is 1. The number of carbonyl (C=O) groups is 2. The monoisotopic (exact) mass is 415 g/mol. The van der Waals surface area contributed by atoms with Gasteiger partial charge in [-0.2, -0.15) is 0 Å². The summed E-state index contributed by atoms with van der Waals surface area (Å²) in [4.78, 5) is 26.0. The lowest BCUT2D eigenvalue weighted by molar-refractivity contribution is -0.125. The van der Waals surface area contributed by atoms with Crippen LogP contribution in [0.2, 0.25) is 0 Å². The third kappa shape index (κ3) is 4.28. The smallest absolute Gasteiger partial charge is 0.375 e. The molecule has 3 aromatic carbocycles. The average molecular weight is 415 g/mol. The molecule has 1 unspecified atom stereocenters. The lowest BCUT2D eigenvalue weighted by Gasteiger charge is -2.18. The fourth-order valence-corrected chi connectivity index (χ4v) is 3.34. The second-order valence-electron chi connectivity index (χ2n) is 6.97. The van der Waals surface area contributed by atoms with Gasteiger partial charge in [0.1, 0.15) is 11.3 Å². The maximum atomic E-state index is 13.1. The third-order valence-corrected chi connectivity index (χ3v) is 4.93. The molecule has 0 saturated carbocycles. The number of para-hydroxylation sites is 1. The highest BCUT2D eigenvalue weighted by Crippen LogP contribution is 2.28. The Hall–Kier alpha value is -4.06. The molecule has 0 aliphatic carbocycles. The molecule has 156 valence electrons. The SMILES string of the molecule is COc1cccc(NC(=O)C(OC(=O)c2oc3ccccc3c2C)c2ccccc2)c1. The van der Waals surface area contributed by atoms with Crippen molar-refractivity contribution in [2.45, 2.75) is 13.0 Å². The van der Waals surface area contributed by atoms with E-state index in [1.165, 1.54) is 0 Å². The van der Waals surface area contributed by atoms with Gasteiger partial charge in [0.15, 0.2) is 0 Å². The van der Waals surface area contributed by atoms with Gasteiger partial charge >= 0.3 is 5.97 Å². The normalized spacial score (nSPS) is 11.7.